The summed E-state index contributed by atoms with van der Waals surface area (Å²) in [4.78, 5) is 9.30. The average Bonchev–Trinajstić information content (AvgIpc) is 3.36. The van der Waals surface area contributed by atoms with Gasteiger partial charge < -0.3 is 20.4 Å². The van der Waals surface area contributed by atoms with Crippen molar-refractivity contribution < 1.29 is 0 Å². The van der Waals surface area contributed by atoms with Gasteiger partial charge in [-0.05, 0) is 77.7 Å². The van der Waals surface area contributed by atoms with Gasteiger partial charge in [0.2, 0.25) is 0 Å². The third-order valence-electron chi connectivity index (χ3n) is 5.35. The maximum Gasteiger partial charge on any atom is 0.191 e. The number of piperidine rings is 1. The second kappa shape index (κ2) is 9.48. The molecule has 1 aliphatic carbocycles. The minimum absolute atomic E-state index is 0.629. The van der Waals surface area contributed by atoms with E-state index >= 15 is 0 Å². The number of nitrogens with one attached hydrogen (secondary N) is 2. The molecule has 23 heavy (non-hydrogen) atoms. The summed E-state index contributed by atoms with van der Waals surface area (Å²) in [5.41, 5.74) is 0. The summed E-state index contributed by atoms with van der Waals surface area (Å²) in [6.45, 7) is 8.12. The first-order chi connectivity index (χ1) is 11.1. The van der Waals surface area contributed by atoms with E-state index in [-0.39, 0.29) is 0 Å². The van der Waals surface area contributed by atoms with Crippen molar-refractivity contribution in [3.8, 4) is 0 Å². The van der Waals surface area contributed by atoms with Crippen molar-refractivity contribution >= 4 is 5.96 Å². The van der Waals surface area contributed by atoms with E-state index in [0.717, 1.165) is 30.9 Å². The lowest BCUT2D eigenvalue weighted by Crippen LogP contribution is -2.46. The number of hydrogen-bond donors (Lipinski definition) is 2. The number of aliphatic imine (C=N–C) groups is 1. The summed E-state index contributed by atoms with van der Waals surface area (Å²) >= 11 is 0. The van der Waals surface area contributed by atoms with E-state index in [1.807, 2.05) is 7.05 Å². The van der Waals surface area contributed by atoms with Crippen molar-refractivity contribution in [2.75, 3.05) is 53.9 Å². The number of likely N-dealkylation sites (tertiary alicyclic amines) is 1. The van der Waals surface area contributed by atoms with Gasteiger partial charge in [0.15, 0.2) is 5.96 Å². The first kappa shape index (κ1) is 18.5. The third kappa shape index (κ3) is 6.68. The monoisotopic (exact) mass is 323 g/mol. The van der Waals surface area contributed by atoms with Crippen LogP contribution in [0.1, 0.15) is 39.0 Å². The van der Waals surface area contributed by atoms with E-state index in [1.165, 1.54) is 51.7 Å². The van der Waals surface area contributed by atoms with Crippen LogP contribution in [-0.4, -0.2) is 75.7 Å². The minimum Gasteiger partial charge on any atom is -0.356 e. The normalized spacial score (nSPS) is 22.4. The lowest BCUT2D eigenvalue weighted by molar-refractivity contribution is 0.191. The third-order valence-corrected chi connectivity index (χ3v) is 5.35. The summed E-state index contributed by atoms with van der Waals surface area (Å²) in [7, 11) is 6.23. The molecule has 5 heteroatoms. The molecule has 2 fully saturated rings. The summed E-state index contributed by atoms with van der Waals surface area (Å²) < 4.78 is 0. The Labute approximate surface area is 142 Å². The maximum absolute atomic E-state index is 4.36. The Morgan fingerprint density at radius 2 is 1.87 bits per heavy atom. The minimum atomic E-state index is 0.629. The van der Waals surface area contributed by atoms with Gasteiger partial charge in [-0.15, -0.1) is 0 Å². The Bertz CT molecular complexity index is 354. The lowest BCUT2D eigenvalue weighted by Gasteiger charge is -2.30. The quantitative estimate of drug-likeness (QED) is 0.405. The van der Waals surface area contributed by atoms with Crippen molar-refractivity contribution in [3.63, 3.8) is 0 Å². The van der Waals surface area contributed by atoms with Crippen molar-refractivity contribution in [2.45, 2.75) is 45.1 Å². The number of guanidine groups is 1. The fraction of sp³-hybridized carbons (Fsp3) is 0.944. The Morgan fingerprint density at radius 1 is 1.17 bits per heavy atom. The molecule has 1 saturated carbocycles. The Morgan fingerprint density at radius 3 is 2.43 bits per heavy atom. The number of likely N-dealkylation sites (N-methyl/N-ethyl adjacent to an activating group) is 1. The number of hydrogen-bond acceptors (Lipinski definition) is 3. The van der Waals surface area contributed by atoms with Crippen LogP contribution in [0.15, 0.2) is 4.99 Å². The van der Waals surface area contributed by atoms with Crippen LogP contribution < -0.4 is 10.6 Å². The molecule has 1 unspecified atom stereocenters. The first-order valence-electron chi connectivity index (χ1n) is 9.43. The zero-order chi connectivity index (χ0) is 16.7. The van der Waals surface area contributed by atoms with E-state index in [9.17, 15) is 0 Å². The van der Waals surface area contributed by atoms with Crippen molar-refractivity contribution in [3.05, 3.63) is 0 Å². The molecule has 0 spiro atoms. The molecule has 134 valence electrons. The molecule has 0 amide bonds. The van der Waals surface area contributed by atoms with E-state index in [0.29, 0.717) is 6.04 Å². The van der Waals surface area contributed by atoms with E-state index in [4.69, 9.17) is 0 Å². The first-order valence-corrected chi connectivity index (χ1v) is 9.43. The van der Waals surface area contributed by atoms with Crippen molar-refractivity contribution in [1.82, 2.24) is 20.4 Å². The van der Waals surface area contributed by atoms with Crippen LogP contribution >= 0.6 is 0 Å². The molecule has 1 saturated heterocycles. The molecule has 0 aromatic rings. The molecule has 2 rings (SSSR count). The molecule has 0 radical (unpaired) electrons. The summed E-state index contributed by atoms with van der Waals surface area (Å²) in [6.07, 6.45) is 6.68. The highest BCUT2D eigenvalue weighted by molar-refractivity contribution is 5.79. The van der Waals surface area contributed by atoms with Crippen LogP contribution in [0.2, 0.25) is 0 Å². The van der Waals surface area contributed by atoms with E-state index < -0.39 is 0 Å². The predicted molar refractivity (Wildman–Crippen MR) is 99.0 cm³/mol. The van der Waals surface area contributed by atoms with E-state index in [1.54, 1.807) is 0 Å². The molecule has 1 aliphatic heterocycles. The van der Waals surface area contributed by atoms with Crippen LogP contribution in [0.3, 0.4) is 0 Å². The Kier molecular flexibility index (Phi) is 7.63. The second-order valence-corrected chi connectivity index (χ2v) is 7.63. The Hall–Kier alpha value is -0.810. The standard InChI is InChI=1S/C18H37N5/c1-15-8-12-23(13-9-15)11-5-10-20-18(19-2)21-14-17(22(3)4)16-6-7-16/h15-17H,5-14H2,1-4H3,(H2,19,20,21). The van der Waals surface area contributed by atoms with Gasteiger partial charge in [-0.3, -0.25) is 4.99 Å². The summed E-state index contributed by atoms with van der Waals surface area (Å²) in [5, 5.41) is 6.97. The maximum atomic E-state index is 4.36. The topological polar surface area (TPSA) is 42.9 Å². The van der Waals surface area contributed by atoms with Crippen molar-refractivity contribution in [2.24, 2.45) is 16.8 Å². The zero-order valence-corrected chi connectivity index (χ0v) is 15.6. The van der Waals surface area contributed by atoms with Gasteiger partial charge in [-0.25, -0.2) is 0 Å². The highest BCUT2D eigenvalue weighted by Gasteiger charge is 2.32. The zero-order valence-electron chi connectivity index (χ0n) is 15.6. The molecular weight excluding hydrogens is 286 g/mol. The van der Waals surface area contributed by atoms with Crippen LogP contribution in [-0.2, 0) is 0 Å². The average molecular weight is 324 g/mol. The molecular formula is C18H37N5. The molecule has 2 N–H and O–H groups in total. The molecule has 0 aromatic heterocycles. The smallest absolute Gasteiger partial charge is 0.191 e. The SMILES string of the molecule is CN=C(NCCCN1CCC(C)CC1)NCC(C1CC1)N(C)C. The molecule has 0 bridgehead atoms. The molecule has 1 atom stereocenters. The van der Waals surface area contributed by atoms with Crippen LogP contribution in [0.4, 0.5) is 0 Å². The fourth-order valence-electron chi connectivity index (χ4n) is 3.47. The van der Waals surface area contributed by atoms with Gasteiger partial charge in [0.1, 0.15) is 0 Å². The largest absolute Gasteiger partial charge is 0.356 e. The highest BCUT2D eigenvalue weighted by atomic mass is 15.2. The fourth-order valence-corrected chi connectivity index (χ4v) is 3.47. The van der Waals surface area contributed by atoms with Gasteiger partial charge in [-0.1, -0.05) is 6.92 Å². The lowest BCUT2D eigenvalue weighted by atomic mass is 9.99. The Balaban J connectivity index is 1.57. The summed E-state index contributed by atoms with van der Waals surface area (Å²) in [6, 6.07) is 0.629. The van der Waals surface area contributed by atoms with Gasteiger partial charge >= 0.3 is 0 Å². The van der Waals surface area contributed by atoms with E-state index in [2.05, 4.69) is 46.4 Å². The molecule has 0 aromatic carbocycles. The second-order valence-electron chi connectivity index (χ2n) is 7.63. The number of rotatable bonds is 8. The van der Waals surface area contributed by atoms with Gasteiger partial charge in [0, 0.05) is 26.2 Å². The van der Waals surface area contributed by atoms with Gasteiger partial charge in [0.25, 0.3) is 0 Å². The van der Waals surface area contributed by atoms with Gasteiger partial charge in [0.05, 0.1) is 0 Å². The van der Waals surface area contributed by atoms with Crippen molar-refractivity contribution in [1.29, 1.82) is 0 Å². The number of nitrogens with zero attached hydrogens (tertiary/aromatic N) is 3. The van der Waals surface area contributed by atoms with Gasteiger partial charge in [-0.2, -0.15) is 0 Å². The molecule has 1 heterocycles. The van der Waals surface area contributed by atoms with Crippen LogP contribution in [0, 0.1) is 11.8 Å². The molecule has 5 nitrogen and oxygen atoms in total. The molecule has 2 aliphatic rings. The predicted octanol–water partition coefficient (Wildman–Crippen LogP) is 1.61. The highest BCUT2D eigenvalue weighted by Crippen LogP contribution is 2.34. The summed E-state index contributed by atoms with van der Waals surface area (Å²) in [5.74, 6) is 2.74. The van der Waals surface area contributed by atoms with Crippen LogP contribution in [0.5, 0.6) is 0 Å². The van der Waals surface area contributed by atoms with Crippen LogP contribution in [0.25, 0.3) is 0 Å².